The normalized spacial score (nSPS) is 12.4. The molecule has 0 heterocycles. The summed E-state index contributed by atoms with van der Waals surface area (Å²) in [5, 5.41) is 3.29. The van der Waals surface area contributed by atoms with Gasteiger partial charge in [-0.25, -0.2) is 8.78 Å². The summed E-state index contributed by atoms with van der Waals surface area (Å²) in [5.41, 5.74) is 1.17. The highest BCUT2D eigenvalue weighted by Gasteiger charge is 2.16. The van der Waals surface area contributed by atoms with Crippen molar-refractivity contribution in [1.82, 2.24) is 5.32 Å². The maximum Gasteiger partial charge on any atom is 0.129 e. The van der Waals surface area contributed by atoms with Gasteiger partial charge in [0.25, 0.3) is 0 Å². The Hall–Kier alpha value is -1.01. The number of halogens is 3. The lowest BCUT2D eigenvalue weighted by Gasteiger charge is -2.19. The maximum absolute atomic E-state index is 13.8. The summed E-state index contributed by atoms with van der Waals surface area (Å²) in [6.45, 7) is 2.73. The van der Waals surface area contributed by atoms with Gasteiger partial charge in [-0.1, -0.05) is 25.1 Å². The van der Waals surface area contributed by atoms with Crippen molar-refractivity contribution >= 4 is 22.6 Å². The lowest BCUT2D eigenvalue weighted by molar-refractivity contribution is 0.499. The van der Waals surface area contributed by atoms with E-state index in [2.05, 4.69) is 27.9 Å². The lowest BCUT2D eigenvalue weighted by Crippen LogP contribution is -2.23. The van der Waals surface area contributed by atoms with Crippen molar-refractivity contribution in [2.24, 2.45) is 0 Å². The summed E-state index contributed by atoms with van der Waals surface area (Å²) in [5.74, 6) is -0.975. The largest absolute Gasteiger partial charge is 0.310 e. The molecule has 2 rings (SSSR count). The van der Waals surface area contributed by atoms with Crippen molar-refractivity contribution in [3.05, 3.63) is 68.8 Å². The van der Waals surface area contributed by atoms with Crippen LogP contribution in [-0.2, 0) is 6.42 Å². The third-order valence-electron chi connectivity index (χ3n) is 3.19. The molecule has 0 spiro atoms. The molecule has 0 aliphatic heterocycles. The molecule has 0 bridgehead atoms. The van der Waals surface area contributed by atoms with Crippen molar-refractivity contribution in [3.8, 4) is 0 Å². The third kappa shape index (κ3) is 3.76. The number of hydrogen-bond acceptors (Lipinski definition) is 1. The van der Waals surface area contributed by atoms with Crippen LogP contribution in [0.5, 0.6) is 0 Å². The minimum absolute atomic E-state index is 0.0941. The number of benzene rings is 2. The van der Waals surface area contributed by atoms with E-state index < -0.39 is 11.6 Å². The Kier molecular flexibility index (Phi) is 5.48. The van der Waals surface area contributed by atoms with Gasteiger partial charge in [0.15, 0.2) is 0 Å². The van der Waals surface area contributed by atoms with Crippen LogP contribution in [0.4, 0.5) is 8.78 Å². The van der Waals surface area contributed by atoms with E-state index in [4.69, 9.17) is 0 Å². The molecule has 2 aromatic carbocycles. The monoisotopic (exact) mass is 387 g/mol. The van der Waals surface area contributed by atoms with Gasteiger partial charge in [-0.2, -0.15) is 0 Å². The summed E-state index contributed by atoms with van der Waals surface area (Å²) < 4.78 is 28.7. The van der Waals surface area contributed by atoms with Crippen LogP contribution in [0.2, 0.25) is 0 Å². The highest BCUT2D eigenvalue weighted by Crippen LogP contribution is 2.23. The first-order valence-corrected chi connectivity index (χ1v) is 7.61. The first kappa shape index (κ1) is 15.4. The fraction of sp³-hybridized carbons (Fsp3) is 0.250. The van der Waals surface area contributed by atoms with Gasteiger partial charge < -0.3 is 5.32 Å². The standard InChI is InChI=1S/C16H16F2IN/c1-2-20-16(11-6-8-12(19)9-7-11)10-13-14(17)4-3-5-15(13)18/h3-9,16,20H,2,10H2,1H3. The van der Waals surface area contributed by atoms with Crippen LogP contribution >= 0.6 is 22.6 Å². The number of nitrogens with one attached hydrogen (secondary N) is 1. The van der Waals surface area contributed by atoms with Crippen molar-refractivity contribution in [2.75, 3.05) is 6.54 Å². The number of hydrogen-bond donors (Lipinski definition) is 1. The molecule has 0 aliphatic carbocycles. The molecule has 106 valence electrons. The Labute approximate surface area is 131 Å². The summed E-state index contributed by atoms with van der Waals surface area (Å²) in [4.78, 5) is 0. The van der Waals surface area contributed by atoms with Gasteiger partial charge >= 0.3 is 0 Å². The molecule has 1 nitrogen and oxygen atoms in total. The SMILES string of the molecule is CCNC(Cc1c(F)cccc1F)c1ccc(I)cc1. The minimum atomic E-state index is -0.488. The molecule has 0 radical (unpaired) electrons. The van der Waals surface area contributed by atoms with Crippen molar-refractivity contribution in [1.29, 1.82) is 0 Å². The van der Waals surface area contributed by atoms with Gasteiger partial charge in [-0.15, -0.1) is 0 Å². The molecule has 2 aromatic rings. The Morgan fingerprint density at radius 2 is 1.65 bits per heavy atom. The molecule has 0 amide bonds. The fourth-order valence-electron chi connectivity index (χ4n) is 2.18. The molecule has 4 heteroatoms. The molecule has 1 atom stereocenters. The van der Waals surface area contributed by atoms with Crippen LogP contribution < -0.4 is 5.32 Å². The first-order chi connectivity index (χ1) is 9.61. The third-order valence-corrected chi connectivity index (χ3v) is 3.91. The smallest absolute Gasteiger partial charge is 0.129 e. The second kappa shape index (κ2) is 7.13. The van der Waals surface area contributed by atoms with Gasteiger partial charge in [-0.05, 0) is 65.4 Å². The molecule has 20 heavy (non-hydrogen) atoms. The Balaban J connectivity index is 2.28. The summed E-state index contributed by atoms with van der Waals surface area (Å²) in [7, 11) is 0. The molecule has 0 fully saturated rings. The zero-order valence-corrected chi connectivity index (χ0v) is 13.3. The average Bonchev–Trinajstić information content (AvgIpc) is 2.43. The number of rotatable bonds is 5. The minimum Gasteiger partial charge on any atom is -0.310 e. The van der Waals surface area contributed by atoms with Gasteiger partial charge in [-0.3, -0.25) is 0 Å². The van der Waals surface area contributed by atoms with E-state index in [0.29, 0.717) is 6.42 Å². The van der Waals surface area contributed by atoms with Crippen LogP contribution in [0.3, 0.4) is 0 Å². The predicted molar refractivity (Wildman–Crippen MR) is 85.6 cm³/mol. The highest BCUT2D eigenvalue weighted by molar-refractivity contribution is 14.1. The molecule has 1 unspecified atom stereocenters. The zero-order valence-electron chi connectivity index (χ0n) is 11.2. The van der Waals surface area contributed by atoms with Crippen LogP contribution in [-0.4, -0.2) is 6.54 Å². The van der Waals surface area contributed by atoms with E-state index in [-0.39, 0.29) is 11.6 Å². The van der Waals surface area contributed by atoms with Crippen molar-refractivity contribution in [2.45, 2.75) is 19.4 Å². The Bertz CT molecular complexity index is 549. The van der Waals surface area contributed by atoms with E-state index in [0.717, 1.165) is 15.7 Å². The quantitative estimate of drug-likeness (QED) is 0.747. The molecule has 0 aliphatic rings. The summed E-state index contributed by atoms with van der Waals surface area (Å²) in [6, 6.07) is 11.9. The molecule has 0 saturated heterocycles. The van der Waals surface area contributed by atoms with Gasteiger partial charge in [0, 0.05) is 15.2 Å². The van der Waals surface area contributed by atoms with Crippen molar-refractivity contribution < 1.29 is 8.78 Å². The van der Waals surface area contributed by atoms with E-state index in [1.807, 2.05) is 31.2 Å². The molecule has 0 aromatic heterocycles. The zero-order chi connectivity index (χ0) is 14.5. The summed E-state index contributed by atoms with van der Waals surface area (Å²) in [6.07, 6.45) is 0.299. The highest BCUT2D eigenvalue weighted by atomic mass is 127. The maximum atomic E-state index is 13.8. The molecular weight excluding hydrogens is 371 g/mol. The molecule has 1 N–H and O–H groups in total. The predicted octanol–water partition coefficient (Wildman–Crippen LogP) is 4.46. The number of likely N-dealkylation sites (N-methyl/N-ethyl adjacent to an activating group) is 1. The van der Waals surface area contributed by atoms with Crippen LogP contribution in [0.15, 0.2) is 42.5 Å². The van der Waals surface area contributed by atoms with Gasteiger partial charge in [0.05, 0.1) is 0 Å². The molecule has 0 saturated carbocycles. The van der Waals surface area contributed by atoms with Crippen molar-refractivity contribution in [3.63, 3.8) is 0 Å². The van der Waals surface area contributed by atoms with E-state index in [1.165, 1.54) is 18.2 Å². The van der Waals surface area contributed by atoms with Crippen LogP contribution in [0, 0.1) is 15.2 Å². The Morgan fingerprint density at radius 1 is 1.05 bits per heavy atom. The second-order valence-corrected chi connectivity index (χ2v) is 5.81. The second-order valence-electron chi connectivity index (χ2n) is 4.57. The van der Waals surface area contributed by atoms with E-state index in [9.17, 15) is 8.78 Å². The van der Waals surface area contributed by atoms with Crippen LogP contribution in [0.1, 0.15) is 24.1 Å². The first-order valence-electron chi connectivity index (χ1n) is 6.53. The molecular formula is C16H16F2IN. The average molecular weight is 387 g/mol. The Morgan fingerprint density at radius 3 is 2.20 bits per heavy atom. The van der Waals surface area contributed by atoms with E-state index >= 15 is 0 Å². The fourth-order valence-corrected chi connectivity index (χ4v) is 2.54. The van der Waals surface area contributed by atoms with Crippen LogP contribution in [0.25, 0.3) is 0 Å². The topological polar surface area (TPSA) is 12.0 Å². The summed E-state index contributed by atoms with van der Waals surface area (Å²) >= 11 is 2.24. The lowest BCUT2D eigenvalue weighted by atomic mass is 9.98. The van der Waals surface area contributed by atoms with Gasteiger partial charge in [0.2, 0.25) is 0 Å². The van der Waals surface area contributed by atoms with Gasteiger partial charge in [0.1, 0.15) is 11.6 Å². The van der Waals surface area contributed by atoms with E-state index in [1.54, 1.807) is 0 Å².